The zero-order valence-corrected chi connectivity index (χ0v) is 8.69. The minimum Gasteiger partial charge on any atom is -0.476 e. The fraction of sp³-hybridized carbons (Fsp3) is 0.556. The molecule has 0 aliphatic rings. The van der Waals surface area contributed by atoms with Gasteiger partial charge in [-0.1, -0.05) is 0 Å². The number of hydrogen-bond donors (Lipinski definition) is 2. The number of carboxylic acids is 1. The number of ether oxygens (including phenoxy) is 1. The second-order valence-corrected chi connectivity index (χ2v) is 3.17. The number of nitrogens with zero attached hydrogens (tertiary/aromatic N) is 1. The first-order valence-electron chi connectivity index (χ1n) is 4.57. The first-order valence-corrected chi connectivity index (χ1v) is 4.57. The van der Waals surface area contributed by atoms with E-state index in [4.69, 9.17) is 14.3 Å². The van der Waals surface area contributed by atoms with Crippen LogP contribution in [0.2, 0.25) is 0 Å². The molecule has 1 aromatic rings. The lowest BCUT2D eigenvalue weighted by Gasteiger charge is -2.10. The summed E-state index contributed by atoms with van der Waals surface area (Å²) >= 11 is 0. The number of anilines is 1. The predicted octanol–water partition coefficient (Wildman–Crippen LogP) is 1.21. The zero-order valence-electron chi connectivity index (χ0n) is 8.69. The molecule has 1 heterocycles. The van der Waals surface area contributed by atoms with Gasteiger partial charge in [0.25, 0.3) is 6.01 Å². The summed E-state index contributed by atoms with van der Waals surface area (Å²) in [6.45, 7) is 2.56. The van der Waals surface area contributed by atoms with Gasteiger partial charge in [-0.05, 0) is 13.3 Å². The van der Waals surface area contributed by atoms with Crippen LogP contribution in [0.1, 0.15) is 23.8 Å². The SMILES string of the molecule is COCCC(C)Nc1nc(C(=O)O)co1. The van der Waals surface area contributed by atoms with Gasteiger partial charge in [0.15, 0.2) is 5.69 Å². The van der Waals surface area contributed by atoms with Crippen LogP contribution in [0.5, 0.6) is 0 Å². The maximum atomic E-state index is 10.5. The van der Waals surface area contributed by atoms with Gasteiger partial charge in [0, 0.05) is 19.8 Å². The van der Waals surface area contributed by atoms with Gasteiger partial charge in [-0.25, -0.2) is 4.79 Å². The van der Waals surface area contributed by atoms with Gasteiger partial charge in [-0.3, -0.25) is 0 Å². The number of nitrogens with one attached hydrogen (secondary N) is 1. The van der Waals surface area contributed by atoms with Crippen LogP contribution in [0.25, 0.3) is 0 Å². The summed E-state index contributed by atoms with van der Waals surface area (Å²) in [4.78, 5) is 14.2. The molecule has 0 saturated heterocycles. The van der Waals surface area contributed by atoms with E-state index < -0.39 is 5.97 Å². The number of aromatic nitrogens is 1. The third-order valence-electron chi connectivity index (χ3n) is 1.85. The Labute approximate surface area is 87.3 Å². The van der Waals surface area contributed by atoms with Gasteiger partial charge in [0.05, 0.1) is 0 Å². The summed E-state index contributed by atoms with van der Waals surface area (Å²) < 4.78 is 9.84. The highest BCUT2D eigenvalue weighted by molar-refractivity contribution is 5.85. The van der Waals surface area contributed by atoms with Crippen molar-refractivity contribution in [3.63, 3.8) is 0 Å². The lowest BCUT2D eigenvalue weighted by molar-refractivity contribution is 0.0690. The number of rotatable bonds is 6. The number of aromatic carboxylic acids is 1. The van der Waals surface area contributed by atoms with Crippen molar-refractivity contribution >= 4 is 12.0 Å². The summed E-state index contributed by atoms with van der Waals surface area (Å²) in [7, 11) is 1.63. The molecular weight excluding hydrogens is 200 g/mol. The fourth-order valence-electron chi connectivity index (χ4n) is 1.02. The van der Waals surface area contributed by atoms with Crippen LogP contribution in [0.4, 0.5) is 6.01 Å². The Balaban J connectivity index is 2.46. The van der Waals surface area contributed by atoms with Crippen LogP contribution in [-0.4, -0.2) is 35.8 Å². The van der Waals surface area contributed by atoms with Gasteiger partial charge in [0.2, 0.25) is 0 Å². The summed E-state index contributed by atoms with van der Waals surface area (Å²) in [5.41, 5.74) is -0.101. The van der Waals surface area contributed by atoms with E-state index in [1.807, 2.05) is 6.92 Å². The molecule has 1 rings (SSSR count). The number of hydrogen-bond acceptors (Lipinski definition) is 5. The largest absolute Gasteiger partial charge is 0.476 e. The topological polar surface area (TPSA) is 84.6 Å². The van der Waals surface area contributed by atoms with E-state index >= 15 is 0 Å². The maximum absolute atomic E-state index is 10.5. The van der Waals surface area contributed by atoms with E-state index in [9.17, 15) is 4.79 Å². The van der Waals surface area contributed by atoms with Gasteiger partial charge < -0.3 is 19.6 Å². The molecule has 84 valence electrons. The Morgan fingerprint density at radius 1 is 1.80 bits per heavy atom. The second-order valence-electron chi connectivity index (χ2n) is 3.17. The van der Waals surface area contributed by atoms with Crippen LogP contribution in [0, 0.1) is 0 Å². The summed E-state index contributed by atoms with van der Waals surface area (Å²) in [6, 6.07) is 0.334. The number of oxazole rings is 1. The quantitative estimate of drug-likeness (QED) is 0.740. The standard InChI is InChI=1S/C9H14N2O4/c1-6(3-4-14-2)10-9-11-7(5-15-9)8(12)13/h5-6H,3-4H2,1-2H3,(H,10,11)(H,12,13). The zero-order chi connectivity index (χ0) is 11.3. The van der Waals surface area contributed by atoms with Crippen LogP contribution in [-0.2, 0) is 4.74 Å². The molecule has 6 heteroatoms. The molecule has 6 nitrogen and oxygen atoms in total. The molecule has 0 saturated carbocycles. The van der Waals surface area contributed by atoms with Crippen LogP contribution < -0.4 is 5.32 Å². The van der Waals surface area contributed by atoms with Gasteiger partial charge in [-0.15, -0.1) is 0 Å². The van der Waals surface area contributed by atoms with E-state index in [1.54, 1.807) is 7.11 Å². The first kappa shape index (κ1) is 11.5. The molecule has 0 radical (unpaired) electrons. The number of methoxy groups -OCH3 is 1. The average Bonchev–Trinajstić information content (AvgIpc) is 2.63. The summed E-state index contributed by atoms with van der Waals surface area (Å²) in [5, 5.41) is 11.5. The van der Waals surface area contributed by atoms with E-state index in [-0.39, 0.29) is 17.8 Å². The van der Waals surface area contributed by atoms with Crippen LogP contribution in [0.15, 0.2) is 10.7 Å². The van der Waals surface area contributed by atoms with Gasteiger partial charge in [-0.2, -0.15) is 4.98 Å². The monoisotopic (exact) mass is 214 g/mol. The fourth-order valence-corrected chi connectivity index (χ4v) is 1.02. The number of carboxylic acid groups (broad SMARTS) is 1. The summed E-state index contributed by atoms with van der Waals surface area (Å²) in [5.74, 6) is -1.10. The Morgan fingerprint density at radius 3 is 3.07 bits per heavy atom. The second kappa shape index (κ2) is 5.35. The lowest BCUT2D eigenvalue weighted by Crippen LogP contribution is -2.17. The van der Waals surface area contributed by atoms with Crippen molar-refractivity contribution in [3.05, 3.63) is 12.0 Å². The maximum Gasteiger partial charge on any atom is 0.357 e. The molecule has 1 atom stereocenters. The highest BCUT2D eigenvalue weighted by Gasteiger charge is 2.11. The van der Waals surface area contributed by atoms with Crippen molar-refractivity contribution in [1.29, 1.82) is 0 Å². The average molecular weight is 214 g/mol. The van der Waals surface area contributed by atoms with Crippen molar-refractivity contribution < 1.29 is 19.1 Å². The molecule has 1 aromatic heterocycles. The van der Waals surface area contributed by atoms with Crippen molar-refractivity contribution in [2.75, 3.05) is 19.0 Å². The Kier molecular flexibility index (Phi) is 4.11. The molecule has 0 amide bonds. The molecule has 2 N–H and O–H groups in total. The third kappa shape index (κ3) is 3.59. The first-order chi connectivity index (χ1) is 7.13. The normalized spacial score (nSPS) is 12.4. The number of carbonyl (C=O) groups is 1. The van der Waals surface area contributed by atoms with Crippen molar-refractivity contribution in [2.45, 2.75) is 19.4 Å². The minimum atomic E-state index is -1.10. The molecule has 0 aliphatic carbocycles. The van der Waals surface area contributed by atoms with Crippen LogP contribution >= 0.6 is 0 Å². The van der Waals surface area contributed by atoms with E-state index in [0.717, 1.165) is 12.7 Å². The van der Waals surface area contributed by atoms with E-state index in [0.29, 0.717) is 6.61 Å². The van der Waals surface area contributed by atoms with Crippen molar-refractivity contribution in [3.8, 4) is 0 Å². The Bertz CT molecular complexity index is 324. The molecule has 0 spiro atoms. The molecule has 0 aromatic carbocycles. The highest BCUT2D eigenvalue weighted by atomic mass is 16.5. The highest BCUT2D eigenvalue weighted by Crippen LogP contribution is 2.09. The van der Waals surface area contributed by atoms with Gasteiger partial charge in [0.1, 0.15) is 6.26 Å². The van der Waals surface area contributed by atoms with Gasteiger partial charge >= 0.3 is 5.97 Å². The molecular formula is C9H14N2O4. The smallest absolute Gasteiger partial charge is 0.357 e. The minimum absolute atomic E-state index is 0.101. The molecule has 0 aliphatic heterocycles. The van der Waals surface area contributed by atoms with Crippen LogP contribution in [0.3, 0.4) is 0 Å². The Morgan fingerprint density at radius 2 is 2.53 bits per heavy atom. The molecule has 0 fully saturated rings. The Hall–Kier alpha value is -1.56. The lowest BCUT2D eigenvalue weighted by atomic mass is 10.2. The van der Waals surface area contributed by atoms with Crippen molar-refractivity contribution in [1.82, 2.24) is 4.98 Å². The molecule has 1 unspecified atom stereocenters. The predicted molar refractivity (Wildman–Crippen MR) is 53.0 cm³/mol. The van der Waals surface area contributed by atoms with E-state index in [1.165, 1.54) is 0 Å². The molecule has 15 heavy (non-hydrogen) atoms. The third-order valence-corrected chi connectivity index (χ3v) is 1.85. The molecule has 0 bridgehead atoms. The summed E-state index contributed by atoms with van der Waals surface area (Å²) in [6.07, 6.45) is 1.90. The van der Waals surface area contributed by atoms with Crippen molar-refractivity contribution in [2.24, 2.45) is 0 Å². The van der Waals surface area contributed by atoms with E-state index in [2.05, 4.69) is 10.3 Å².